The zero-order valence-corrected chi connectivity index (χ0v) is 12.2. The number of hydrogen-bond acceptors (Lipinski definition) is 2. The Hall–Kier alpha value is -0.930. The molecule has 2 nitrogen and oxygen atoms in total. The Balaban J connectivity index is 1.68. The number of hydrogen-bond donors (Lipinski definition) is 1. The normalized spacial score (nSPS) is 27.2. The van der Waals surface area contributed by atoms with Crippen LogP contribution in [-0.4, -0.2) is 22.5 Å². The highest BCUT2D eigenvalue weighted by molar-refractivity contribution is 7.80. The van der Waals surface area contributed by atoms with Crippen LogP contribution in [0.4, 0.5) is 0 Å². The lowest BCUT2D eigenvalue weighted by molar-refractivity contribution is 0.106. The second-order valence-corrected chi connectivity index (χ2v) is 6.37. The van der Waals surface area contributed by atoms with E-state index in [1.54, 1.807) is 0 Å². The van der Waals surface area contributed by atoms with Gasteiger partial charge in [-0.15, -0.1) is 0 Å². The lowest BCUT2D eigenvalue weighted by Crippen LogP contribution is -2.41. The molecule has 1 saturated heterocycles. The summed E-state index contributed by atoms with van der Waals surface area (Å²) < 4.78 is 0. The molecule has 1 heterocycles. The number of rotatable bonds is 3. The van der Waals surface area contributed by atoms with Crippen LogP contribution in [0.2, 0.25) is 0 Å². The third-order valence-electron chi connectivity index (χ3n) is 4.73. The van der Waals surface area contributed by atoms with Gasteiger partial charge in [0.25, 0.3) is 0 Å². The smallest absolute Gasteiger partial charge is 0.103 e. The molecule has 102 valence electrons. The fraction of sp³-hybridized carbons (Fsp3) is 0.562. The molecule has 0 radical (unpaired) electrons. The quantitative estimate of drug-likeness (QED) is 0.859. The Bertz CT molecular complexity index is 454. The van der Waals surface area contributed by atoms with Gasteiger partial charge in [0, 0.05) is 18.2 Å². The van der Waals surface area contributed by atoms with Crippen molar-refractivity contribution < 1.29 is 0 Å². The van der Waals surface area contributed by atoms with E-state index in [0.29, 0.717) is 4.99 Å². The molecule has 0 amide bonds. The van der Waals surface area contributed by atoms with Crippen LogP contribution >= 0.6 is 12.2 Å². The van der Waals surface area contributed by atoms with Crippen LogP contribution in [0.1, 0.15) is 43.2 Å². The van der Waals surface area contributed by atoms with E-state index < -0.39 is 0 Å². The number of likely N-dealkylation sites (tertiary alicyclic amines) is 1. The Morgan fingerprint density at radius 1 is 1.16 bits per heavy atom. The van der Waals surface area contributed by atoms with E-state index in [2.05, 4.69) is 17.0 Å². The molecule has 19 heavy (non-hydrogen) atoms. The van der Waals surface area contributed by atoms with E-state index in [1.165, 1.54) is 44.2 Å². The van der Waals surface area contributed by atoms with Crippen LogP contribution in [0.3, 0.4) is 0 Å². The molecular weight excluding hydrogens is 252 g/mol. The Kier molecular flexibility index (Phi) is 3.85. The van der Waals surface area contributed by atoms with Crippen molar-refractivity contribution in [1.29, 1.82) is 0 Å². The average Bonchev–Trinajstić information content (AvgIpc) is 2.89. The maximum atomic E-state index is 5.64. The predicted molar refractivity (Wildman–Crippen MR) is 83.1 cm³/mol. The summed E-state index contributed by atoms with van der Waals surface area (Å²) in [5.74, 6) is 0.963. The van der Waals surface area contributed by atoms with Crippen molar-refractivity contribution in [2.75, 3.05) is 6.54 Å². The van der Waals surface area contributed by atoms with Gasteiger partial charge in [0.05, 0.1) is 0 Å². The van der Waals surface area contributed by atoms with Crippen LogP contribution in [-0.2, 0) is 6.54 Å². The van der Waals surface area contributed by atoms with Gasteiger partial charge in [-0.05, 0) is 43.7 Å². The second kappa shape index (κ2) is 5.59. The highest BCUT2D eigenvalue weighted by Crippen LogP contribution is 2.37. The molecule has 3 heteroatoms. The van der Waals surface area contributed by atoms with Crippen molar-refractivity contribution in [3.8, 4) is 0 Å². The number of fused-ring (bicyclic) bond motifs is 1. The molecule has 2 unspecified atom stereocenters. The van der Waals surface area contributed by atoms with Crippen molar-refractivity contribution in [2.45, 2.75) is 44.7 Å². The minimum absolute atomic E-state index is 0.486. The minimum Gasteiger partial charge on any atom is -0.389 e. The SMILES string of the molecule is NC(=S)c1ccc(CN2CCCC3CCCC32)cc1. The second-order valence-electron chi connectivity index (χ2n) is 5.93. The van der Waals surface area contributed by atoms with Crippen LogP contribution in [0.5, 0.6) is 0 Å². The lowest BCUT2D eigenvalue weighted by atomic mass is 9.91. The van der Waals surface area contributed by atoms with Crippen molar-refractivity contribution in [1.82, 2.24) is 4.90 Å². The van der Waals surface area contributed by atoms with Crippen molar-refractivity contribution in [3.63, 3.8) is 0 Å². The predicted octanol–water partition coefficient (Wildman–Crippen LogP) is 3.09. The van der Waals surface area contributed by atoms with E-state index in [4.69, 9.17) is 18.0 Å². The first kappa shape index (κ1) is 13.1. The number of nitrogens with two attached hydrogens (primary N) is 1. The summed E-state index contributed by atoms with van der Waals surface area (Å²) in [5.41, 5.74) is 7.99. The number of thiocarbonyl (C=S) groups is 1. The molecule has 0 bridgehead atoms. The van der Waals surface area contributed by atoms with Crippen LogP contribution in [0.15, 0.2) is 24.3 Å². The molecule has 1 aliphatic carbocycles. The van der Waals surface area contributed by atoms with Gasteiger partial charge in [0.15, 0.2) is 0 Å². The Morgan fingerprint density at radius 2 is 1.89 bits per heavy atom. The molecule has 0 spiro atoms. The van der Waals surface area contributed by atoms with Gasteiger partial charge in [-0.2, -0.15) is 0 Å². The van der Waals surface area contributed by atoms with Crippen molar-refractivity contribution >= 4 is 17.2 Å². The summed E-state index contributed by atoms with van der Waals surface area (Å²) >= 11 is 5.00. The van der Waals surface area contributed by atoms with Crippen molar-refractivity contribution in [2.24, 2.45) is 11.7 Å². The third-order valence-corrected chi connectivity index (χ3v) is 4.97. The maximum absolute atomic E-state index is 5.64. The van der Waals surface area contributed by atoms with Crippen LogP contribution in [0.25, 0.3) is 0 Å². The molecule has 1 aromatic rings. The fourth-order valence-corrected chi connectivity index (χ4v) is 3.90. The Labute approximate surface area is 121 Å². The Morgan fingerprint density at radius 3 is 2.63 bits per heavy atom. The van der Waals surface area contributed by atoms with Gasteiger partial charge in [0.2, 0.25) is 0 Å². The molecule has 2 N–H and O–H groups in total. The number of piperidine rings is 1. The molecule has 2 fully saturated rings. The zero-order valence-electron chi connectivity index (χ0n) is 11.3. The van der Waals surface area contributed by atoms with Gasteiger partial charge in [0.1, 0.15) is 4.99 Å². The van der Waals surface area contributed by atoms with Gasteiger partial charge in [-0.25, -0.2) is 0 Å². The molecule has 1 aromatic carbocycles. The van der Waals surface area contributed by atoms with Crippen LogP contribution in [0, 0.1) is 5.92 Å². The molecule has 3 rings (SSSR count). The minimum atomic E-state index is 0.486. The summed E-state index contributed by atoms with van der Waals surface area (Å²) in [7, 11) is 0. The van der Waals surface area contributed by atoms with Gasteiger partial charge < -0.3 is 5.73 Å². The van der Waals surface area contributed by atoms with E-state index >= 15 is 0 Å². The molecular formula is C16H22N2S. The summed E-state index contributed by atoms with van der Waals surface area (Å²) in [4.78, 5) is 3.18. The average molecular weight is 274 g/mol. The number of nitrogens with zero attached hydrogens (tertiary/aromatic N) is 1. The molecule has 2 atom stereocenters. The maximum Gasteiger partial charge on any atom is 0.103 e. The molecule has 0 aromatic heterocycles. The van der Waals surface area contributed by atoms with Gasteiger partial charge in [-0.1, -0.05) is 42.9 Å². The fourth-order valence-electron chi connectivity index (χ4n) is 3.76. The van der Waals surface area contributed by atoms with E-state index in [9.17, 15) is 0 Å². The molecule has 2 aliphatic rings. The summed E-state index contributed by atoms with van der Waals surface area (Å²) in [6, 6.07) is 9.28. The largest absolute Gasteiger partial charge is 0.389 e. The van der Waals surface area contributed by atoms with E-state index in [0.717, 1.165) is 24.1 Å². The monoisotopic (exact) mass is 274 g/mol. The van der Waals surface area contributed by atoms with E-state index in [-0.39, 0.29) is 0 Å². The highest BCUT2D eigenvalue weighted by atomic mass is 32.1. The first-order chi connectivity index (χ1) is 9.24. The summed E-state index contributed by atoms with van der Waals surface area (Å²) in [6.07, 6.45) is 7.08. The first-order valence-corrected chi connectivity index (χ1v) is 7.77. The topological polar surface area (TPSA) is 29.3 Å². The van der Waals surface area contributed by atoms with Gasteiger partial charge >= 0.3 is 0 Å². The lowest BCUT2D eigenvalue weighted by Gasteiger charge is -2.37. The van der Waals surface area contributed by atoms with Crippen molar-refractivity contribution in [3.05, 3.63) is 35.4 Å². The highest BCUT2D eigenvalue weighted by Gasteiger charge is 2.34. The van der Waals surface area contributed by atoms with Crippen LogP contribution < -0.4 is 5.73 Å². The first-order valence-electron chi connectivity index (χ1n) is 7.37. The molecule has 1 saturated carbocycles. The zero-order chi connectivity index (χ0) is 13.2. The number of benzene rings is 1. The summed E-state index contributed by atoms with van der Waals surface area (Å²) in [6.45, 7) is 2.34. The third kappa shape index (κ3) is 2.82. The standard InChI is InChI=1S/C16H22N2S/c17-16(19)14-8-6-12(7-9-14)11-18-10-2-4-13-3-1-5-15(13)18/h6-9,13,15H,1-5,10-11H2,(H2,17,19). The summed E-state index contributed by atoms with van der Waals surface area (Å²) in [5, 5.41) is 0. The van der Waals surface area contributed by atoms with Gasteiger partial charge in [-0.3, -0.25) is 4.90 Å². The molecule has 1 aliphatic heterocycles. The van der Waals surface area contributed by atoms with E-state index in [1.807, 2.05) is 12.1 Å².